The molecule has 1 aliphatic carbocycles. The molecule has 1 aromatic carbocycles. The number of anilines is 1. The van der Waals surface area contributed by atoms with Crippen LogP contribution in [0, 0.1) is 5.92 Å². The minimum Gasteiger partial charge on any atom is -0.333 e. The molecule has 1 aliphatic rings. The van der Waals surface area contributed by atoms with Crippen molar-refractivity contribution in [1.29, 1.82) is 0 Å². The van der Waals surface area contributed by atoms with Crippen molar-refractivity contribution >= 4 is 40.7 Å². The average Bonchev–Trinajstić information content (AvgIpc) is 3.03. The Morgan fingerprint density at radius 1 is 1.25 bits per heavy atom. The third-order valence-corrected chi connectivity index (χ3v) is 4.89. The number of carbonyl (C=O) groups excluding carboxylic acids is 2. The van der Waals surface area contributed by atoms with Crippen molar-refractivity contribution in [3.05, 3.63) is 28.2 Å². The van der Waals surface area contributed by atoms with Crippen LogP contribution in [0.25, 0.3) is 0 Å². The van der Waals surface area contributed by atoms with E-state index in [0.29, 0.717) is 34.6 Å². The number of hydrogen-bond acceptors (Lipinski definition) is 2. The summed E-state index contributed by atoms with van der Waals surface area (Å²) in [5, 5.41) is 3.66. The number of halogens is 2. The lowest BCUT2D eigenvalue weighted by Crippen LogP contribution is -2.39. The third-order valence-electron chi connectivity index (χ3n) is 4.32. The maximum absolute atomic E-state index is 12.5. The Hall–Kier alpha value is -1.26. The van der Waals surface area contributed by atoms with Crippen LogP contribution in [0.3, 0.4) is 0 Å². The van der Waals surface area contributed by atoms with Crippen LogP contribution in [-0.4, -0.2) is 29.8 Å². The van der Waals surface area contributed by atoms with E-state index in [4.69, 9.17) is 23.2 Å². The van der Waals surface area contributed by atoms with Crippen LogP contribution in [0.15, 0.2) is 18.2 Å². The molecule has 0 heterocycles. The summed E-state index contributed by atoms with van der Waals surface area (Å²) in [7, 11) is 0. The monoisotopic (exact) mass is 370 g/mol. The van der Waals surface area contributed by atoms with Crippen molar-refractivity contribution in [2.45, 2.75) is 45.4 Å². The number of rotatable bonds is 7. The van der Waals surface area contributed by atoms with Gasteiger partial charge in [-0.25, -0.2) is 0 Å². The summed E-state index contributed by atoms with van der Waals surface area (Å²) in [4.78, 5) is 26.4. The van der Waals surface area contributed by atoms with Gasteiger partial charge in [0.2, 0.25) is 11.8 Å². The Bertz CT molecular complexity index is 586. The van der Waals surface area contributed by atoms with E-state index < -0.39 is 0 Å². The molecule has 0 aromatic heterocycles. The lowest BCUT2D eigenvalue weighted by atomic mass is 10.0. The van der Waals surface area contributed by atoms with Gasteiger partial charge in [-0.15, -0.1) is 0 Å². The molecule has 0 bridgehead atoms. The van der Waals surface area contributed by atoms with Gasteiger partial charge in [0.05, 0.1) is 17.3 Å². The van der Waals surface area contributed by atoms with E-state index in [1.54, 1.807) is 23.1 Å². The first kappa shape index (κ1) is 19.1. The van der Waals surface area contributed by atoms with Gasteiger partial charge in [-0.3, -0.25) is 9.59 Å². The maximum atomic E-state index is 12.5. The van der Waals surface area contributed by atoms with Crippen molar-refractivity contribution in [3.63, 3.8) is 0 Å². The van der Waals surface area contributed by atoms with Gasteiger partial charge < -0.3 is 10.2 Å². The summed E-state index contributed by atoms with van der Waals surface area (Å²) in [5.74, 6) is 0.283. The van der Waals surface area contributed by atoms with Crippen LogP contribution in [0.5, 0.6) is 0 Å². The molecular formula is C18H24Cl2N2O2. The molecule has 0 saturated heterocycles. The molecule has 0 aliphatic heterocycles. The van der Waals surface area contributed by atoms with Crippen LogP contribution in [0.2, 0.25) is 10.0 Å². The van der Waals surface area contributed by atoms with Crippen LogP contribution in [0.1, 0.15) is 45.4 Å². The summed E-state index contributed by atoms with van der Waals surface area (Å²) in [6, 6.07) is 4.90. The van der Waals surface area contributed by atoms with Crippen molar-refractivity contribution < 1.29 is 9.59 Å². The smallest absolute Gasteiger partial charge is 0.244 e. The lowest BCUT2D eigenvalue weighted by Gasteiger charge is -2.23. The highest BCUT2D eigenvalue weighted by atomic mass is 35.5. The predicted molar refractivity (Wildman–Crippen MR) is 98.5 cm³/mol. The molecule has 0 unspecified atom stereocenters. The molecule has 1 N–H and O–H groups in total. The van der Waals surface area contributed by atoms with Gasteiger partial charge >= 0.3 is 0 Å². The predicted octanol–water partition coefficient (Wildman–Crippen LogP) is 4.75. The summed E-state index contributed by atoms with van der Waals surface area (Å²) in [6.45, 7) is 2.63. The topological polar surface area (TPSA) is 49.4 Å². The number of amides is 2. The Balaban J connectivity index is 1.94. The molecule has 1 aromatic rings. The fourth-order valence-electron chi connectivity index (χ4n) is 3.11. The molecule has 0 atom stereocenters. The second kappa shape index (κ2) is 9.28. The molecule has 0 radical (unpaired) electrons. The van der Waals surface area contributed by atoms with Crippen LogP contribution >= 0.6 is 23.2 Å². The summed E-state index contributed by atoms with van der Waals surface area (Å²) >= 11 is 12.0. The minimum atomic E-state index is -0.257. The van der Waals surface area contributed by atoms with E-state index in [2.05, 4.69) is 5.32 Å². The molecule has 0 spiro atoms. The first-order chi connectivity index (χ1) is 11.5. The second-order valence-corrected chi connectivity index (χ2v) is 7.19. The zero-order valence-corrected chi connectivity index (χ0v) is 15.5. The van der Waals surface area contributed by atoms with Crippen LogP contribution in [-0.2, 0) is 9.59 Å². The molecule has 1 fully saturated rings. The Morgan fingerprint density at radius 2 is 1.96 bits per heavy atom. The van der Waals surface area contributed by atoms with Crippen LogP contribution in [0.4, 0.5) is 5.69 Å². The number of benzene rings is 1. The number of hydrogen-bond donors (Lipinski definition) is 1. The van der Waals surface area contributed by atoms with Gasteiger partial charge in [-0.05, 0) is 43.4 Å². The number of nitrogens with zero attached hydrogens (tertiary/aromatic N) is 1. The quantitative estimate of drug-likeness (QED) is 0.752. The van der Waals surface area contributed by atoms with Crippen molar-refractivity contribution in [1.82, 2.24) is 4.90 Å². The van der Waals surface area contributed by atoms with Gasteiger partial charge in [-0.1, -0.05) is 43.0 Å². The van der Waals surface area contributed by atoms with Gasteiger partial charge in [0.25, 0.3) is 0 Å². The van der Waals surface area contributed by atoms with Gasteiger partial charge in [0.15, 0.2) is 0 Å². The Kier molecular flexibility index (Phi) is 7.38. The molecule has 1 saturated carbocycles. The second-order valence-electron chi connectivity index (χ2n) is 6.34. The van der Waals surface area contributed by atoms with Gasteiger partial charge in [-0.2, -0.15) is 0 Å². The Labute approximate surface area is 153 Å². The third kappa shape index (κ3) is 5.67. The first-order valence-corrected chi connectivity index (χ1v) is 9.28. The van der Waals surface area contributed by atoms with Crippen molar-refractivity contribution in [2.24, 2.45) is 5.92 Å². The fraction of sp³-hybridized carbons (Fsp3) is 0.556. The highest BCUT2D eigenvalue weighted by Gasteiger charge is 2.23. The van der Waals surface area contributed by atoms with E-state index in [0.717, 1.165) is 19.3 Å². The zero-order valence-electron chi connectivity index (χ0n) is 14.0. The largest absolute Gasteiger partial charge is 0.333 e. The van der Waals surface area contributed by atoms with E-state index in [1.165, 1.54) is 12.8 Å². The van der Waals surface area contributed by atoms with Gasteiger partial charge in [0, 0.05) is 18.0 Å². The van der Waals surface area contributed by atoms with Crippen molar-refractivity contribution in [3.8, 4) is 0 Å². The first-order valence-electron chi connectivity index (χ1n) is 8.52. The standard InChI is InChI=1S/C18H24Cl2N2O2/c1-2-9-22(18(24)10-13-5-3-4-6-13)12-17(23)21-16-11-14(19)7-8-15(16)20/h7-8,11,13H,2-6,9-10,12H2,1H3,(H,21,23). The van der Waals surface area contributed by atoms with E-state index in [-0.39, 0.29) is 18.4 Å². The summed E-state index contributed by atoms with van der Waals surface area (Å²) in [5.41, 5.74) is 0.467. The molecular weight excluding hydrogens is 347 g/mol. The summed E-state index contributed by atoms with van der Waals surface area (Å²) < 4.78 is 0. The normalized spacial score (nSPS) is 14.6. The maximum Gasteiger partial charge on any atom is 0.244 e. The molecule has 4 nitrogen and oxygen atoms in total. The molecule has 132 valence electrons. The highest BCUT2D eigenvalue weighted by molar-refractivity contribution is 6.35. The van der Waals surface area contributed by atoms with E-state index in [9.17, 15) is 9.59 Å². The van der Waals surface area contributed by atoms with E-state index >= 15 is 0 Å². The van der Waals surface area contributed by atoms with Gasteiger partial charge in [0.1, 0.15) is 0 Å². The van der Waals surface area contributed by atoms with E-state index in [1.807, 2.05) is 6.92 Å². The molecule has 24 heavy (non-hydrogen) atoms. The number of carbonyl (C=O) groups is 2. The minimum absolute atomic E-state index is 0.0439. The van der Waals surface area contributed by atoms with Crippen LogP contribution < -0.4 is 5.32 Å². The molecule has 6 heteroatoms. The van der Waals surface area contributed by atoms with Crippen molar-refractivity contribution in [2.75, 3.05) is 18.4 Å². The SMILES string of the molecule is CCCN(CC(=O)Nc1cc(Cl)ccc1Cl)C(=O)CC1CCCC1. The molecule has 2 amide bonds. The lowest BCUT2D eigenvalue weighted by molar-refractivity contribution is -0.135. The highest BCUT2D eigenvalue weighted by Crippen LogP contribution is 2.28. The Morgan fingerprint density at radius 3 is 2.62 bits per heavy atom. The molecule has 2 rings (SSSR count). The summed E-state index contributed by atoms with van der Waals surface area (Å²) in [6.07, 6.45) is 6.03. The average molecular weight is 371 g/mol. The number of nitrogens with one attached hydrogen (secondary N) is 1. The zero-order chi connectivity index (χ0) is 17.5. The fourth-order valence-corrected chi connectivity index (χ4v) is 3.45.